The highest BCUT2D eigenvalue weighted by Crippen LogP contribution is 2.38. The molecule has 0 unspecified atom stereocenters. The predicted molar refractivity (Wildman–Crippen MR) is 162 cm³/mol. The van der Waals surface area contributed by atoms with E-state index in [1.165, 1.54) is 13.2 Å². The van der Waals surface area contributed by atoms with Crippen LogP contribution in [0.3, 0.4) is 0 Å². The Balaban J connectivity index is 1.52. The van der Waals surface area contributed by atoms with Gasteiger partial charge in [0.15, 0.2) is 5.82 Å². The van der Waals surface area contributed by atoms with Gasteiger partial charge in [-0.25, -0.2) is 19.3 Å². The van der Waals surface area contributed by atoms with Crippen LogP contribution in [0.5, 0.6) is 11.5 Å². The molecule has 3 heterocycles. The fourth-order valence-corrected chi connectivity index (χ4v) is 5.32. The number of piperidine rings is 1. The summed E-state index contributed by atoms with van der Waals surface area (Å²) in [7, 11) is 1.49. The number of aryl methyl sites for hydroxylation is 2. The Labute approximate surface area is 240 Å². The van der Waals surface area contributed by atoms with Crippen molar-refractivity contribution in [1.82, 2.24) is 15.0 Å². The summed E-state index contributed by atoms with van der Waals surface area (Å²) < 4.78 is 26.1. The predicted octanol–water partition coefficient (Wildman–Crippen LogP) is 6.43. The molecule has 0 spiro atoms. The number of methoxy groups -OCH3 is 1. The fraction of sp³-hybridized carbons (Fsp3) is 0.344. The Morgan fingerprint density at radius 1 is 1.07 bits per heavy atom. The quantitative estimate of drug-likeness (QED) is 0.256. The number of pyridine rings is 1. The number of hydrogen-bond donors (Lipinski definition) is 2. The Hall–Kier alpha value is -4.24. The lowest BCUT2D eigenvalue weighted by Gasteiger charge is -2.34. The topological polar surface area (TPSA) is 98.4 Å². The van der Waals surface area contributed by atoms with Crippen molar-refractivity contribution in [2.75, 3.05) is 30.4 Å². The minimum absolute atomic E-state index is 0.0949. The zero-order chi connectivity index (χ0) is 29.1. The summed E-state index contributed by atoms with van der Waals surface area (Å²) in [5.74, 6) is 2.15. The van der Waals surface area contributed by atoms with E-state index in [9.17, 15) is 4.39 Å². The smallest absolute Gasteiger partial charge is 0.168 e. The second kappa shape index (κ2) is 12.1. The van der Waals surface area contributed by atoms with Crippen molar-refractivity contribution in [2.24, 2.45) is 5.73 Å². The maximum Gasteiger partial charge on any atom is 0.168 e. The van der Waals surface area contributed by atoms with E-state index in [1.54, 1.807) is 24.4 Å². The lowest BCUT2D eigenvalue weighted by molar-refractivity contribution is 0.239. The zero-order valence-electron chi connectivity index (χ0n) is 24.2. The van der Waals surface area contributed by atoms with Crippen LogP contribution in [0.15, 0.2) is 54.9 Å². The van der Waals surface area contributed by atoms with Gasteiger partial charge in [-0.3, -0.25) is 0 Å². The Kier molecular flexibility index (Phi) is 8.35. The normalized spacial score (nSPS) is 15.2. The maximum atomic E-state index is 14.7. The minimum atomic E-state index is -0.455. The number of anilines is 3. The molecule has 2 aromatic heterocycles. The van der Waals surface area contributed by atoms with Crippen LogP contribution in [0, 0.1) is 19.7 Å². The molecule has 1 aliphatic rings. The van der Waals surface area contributed by atoms with Gasteiger partial charge < -0.3 is 25.4 Å². The molecule has 8 nitrogen and oxygen atoms in total. The molecule has 2 aromatic carbocycles. The molecule has 0 radical (unpaired) electrons. The first-order valence-corrected chi connectivity index (χ1v) is 13.9. The first-order chi connectivity index (χ1) is 19.7. The summed E-state index contributed by atoms with van der Waals surface area (Å²) in [6, 6.07) is 12.8. The maximum absolute atomic E-state index is 14.7. The van der Waals surface area contributed by atoms with E-state index in [2.05, 4.69) is 46.2 Å². The number of nitrogens with two attached hydrogens (primary N) is 1. The van der Waals surface area contributed by atoms with Gasteiger partial charge in [-0.2, -0.15) is 0 Å². The highest BCUT2D eigenvalue weighted by atomic mass is 19.1. The van der Waals surface area contributed by atoms with E-state index in [4.69, 9.17) is 20.2 Å². The van der Waals surface area contributed by atoms with Crippen LogP contribution in [0.4, 0.5) is 21.7 Å². The molecule has 1 fully saturated rings. The molecule has 1 aliphatic heterocycles. The second-order valence-electron chi connectivity index (χ2n) is 10.7. The van der Waals surface area contributed by atoms with Crippen molar-refractivity contribution in [2.45, 2.75) is 52.7 Å². The molecule has 0 bridgehead atoms. The molecule has 1 saturated heterocycles. The third-order valence-electron chi connectivity index (χ3n) is 7.14. The van der Waals surface area contributed by atoms with Gasteiger partial charge in [0.05, 0.1) is 18.8 Å². The molecule has 41 heavy (non-hydrogen) atoms. The molecular weight excluding hydrogens is 519 g/mol. The largest absolute Gasteiger partial charge is 0.496 e. The second-order valence-corrected chi connectivity index (χ2v) is 10.7. The van der Waals surface area contributed by atoms with Gasteiger partial charge in [0, 0.05) is 48.8 Å². The van der Waals surface area contributed by atoms with Crippen LogP contribution in [0.25, 0.3) is 22.5 Å². The van der Waals surface area contributed by atoms with Gasteiger partial charge in [0.25, 0.3) is 0 Å². The molecular formula is C32H37FN6O2. The Bertz CT molecular complexity index is 1520. The first-order valence-electron chi connectivity index (χ1n) is 13.9. The van der Waals surface area contributed by atoms with Gasteiger partial charge in [-0.1, -0.05) is 6.07 Å². The molecule has 0 amide bonds. The minimum Gasteiger partial charge on any atom is -0.496 e. The number of ether oxygens (including phenoxy) is 2. The number of benzene rings is 2. The van der Waals surface area contributed by atoms with Gasteiger partial charge in [-0.15, -0.1) is 0 Å². The number of halogens is 1. The van der Waals surface area contributed by atoms with Crippen molar-refractivity contribution >= 4 is 17.3 Å². The fourth-order valence-electron chi connectivity index (χ4n) is 5.32. The summed E-state index contributed by atoms with van der Waals surface area (Å²) in [5, 5.41) is 3.29. The van der Waals surface area contributed by atoms with Crippen LogP contribution in [-0.4, -0.2) is 47.3 Å². The number of nitrogens with zero attached hydrogens (tertiary/aromatic N) is 4. The Morgan fingerprint density at radius 2 is 1.85 bits per heavy atom. The standard InChI is InChI=1S/C32H37FN6O2/c1-19(2)41-31-20(3)14-22(15-21(31)4)24-17-36-29(16-26(24)39-13-7-8-23(34)18-39)37-28-11-12-35-32(38-28)30-25(33)9-6-10-27(30)40-5/h6,9-12,14-17,19,23H,7-8,13,18,34H2,1-5H3,(H,35,36,37,38)/t23-/m0/s1. The molecule has 0 aliphatic carbocycles. The first kappa shape index (κ1) is 28.3. The molecule has 0 saturated carbocycles. The molecule has 3 N–H and O–H groups in total. The molecule has 5 rings (SSSR count). The van der Waals surface area contributed by atoms with E-state index in [0.29, 0.717) is 17.4 Å². The average molecular weight is 557 g/mol. The number of aromatic nitrogens is 3. The van der Waals surface area contributed by atoms with Gasteiger partial charge in [0.1, 0.15) is 29.0 Å². The molecule has 214 valence electrons. The van der Waals surface area contributed by atoms with E-state index in [0.717, 1.165) is 59.6 Å². The van der Waals surface area contributed by atoms with Crippen molar-refractivity contribution in [3.8, 4) is 34.0 Å². The highest BCUT2D eigenvalue weighted by molar-refractivity contribution is 5.82. The van der Waals surface area contributed by atoms with Crippen LogP contribution >= 0.6 is 0 Å². The van der Waals surface area contributed by atoms with Crippen molar-refractivity contribution in [3.05, 3.63) is 71.8 Å². The summed E-state index contributed by atoms with van der Waals surface area (Å²) >= 11 is 0. The summed E-state index contributed by atoms with van der Waals surface area (Å²) in [6.45, 7) is 9.88. The molecule has 9 heteroatoms. The third kappa shape index (κ3) is 6.25. The highest BCUT2D eigenvalue weighted by Gasteiger charge is 2.22. The number of hydrogen-bond acceptors (Lipinski definition) is 8. The van der Waals surface area contributed by atoms with Crippen LogP contribution in [0.2, 0.25) is 0 Å². The number of nitrogens with one attached hydrogen (secondary N) is 1. The average Bonchev–Trinajstić information content (AvgIpc) is 2.94. The van der Waals surface area contributed by atoms with Crippen LogP contribution in [-0.2, 0) is 0 Å². The molecule has 4 aromatic rings. The summed E-state index contributed by atoms with van der Waals surface area (Å²) in [6.07, 6.45) is 5.59. The monoisotopic (exact) mass is 556 g/mol. The van der Waals surface area contributed by atoms with E-state index < -0.39 is 5.82 Å². The van der Waals surface area contributed by atoms with E-state index in [1.807, 2.05) is 26.1 Å². The van der Waals surface area contributed by atoms with E-state index in [-0.39, 0.29) is 23.5 Å². The Morgan fingerprint density at radius 3 is 2.56 bits per heavy atom. The lowest BCUT2D eigenvalue weighted by Crippen LogP contribution is -2.43. The van der Waals surface area contributed by atoms with Crippen molar-refractivity contribution < 1.29 is 13.9 Å². The lowest BCUT2D eigenvalue weighted by atomic mass is 9.97. The summed E-state index contributed by atoms with van der Waals surface area (Å²) in [4.78, 5) is 15.9. The third-order valence-corrected chi connectivity index (χ3v) is 7.14. The van der Waals surface area contributed by atoms with Crippen molar-refractivity contribution in [1.29, 1.82) is 0 Å². The van der Waals surface area contributed by atoms with Gasteiger partial charge in [-0.05, 0) is 87.6 Å². The SMILES string of the molecule is COc1cccc(F)c1-c1nccc(Nc2cc(N3CCC[C@H](N)C3)c(-c3cc(C)c(OC(C)C)c(C)c3)cn2)n1. The van der Waals surface area contributed by atoms with Gasteiger partial charge >= 0.3 is 0 Å². The van der Waals surface area contributed by atoms with Crippen LogP contribution < -0.4 is 25.4 Å². The van der Waals surface area contributed by atoms with Gasteiger partial charge in [0.2, 0.25) is 0 Å². The summed E-state index contributed by atoms with van der Waals surface area (Å²) in [5.41, 5.74) is 11.9. The molecule has 1 atom stereocenters. The zero-order valence-corrected chi connectivity index (χ0v) is 24.2. The van der Waals surface area contributed by atoms with Crippen molar-refractivity contribution in [3.63, 3.8) is 0 Å². The van der Waals surface area contributed by atoms with E-state index >= 15 is 0 Å². The van der Waals surface area contributed by atoms with Crippen LogP contribution in [0.1, 0.15) is 37.8 Å². The number of rotatable bonds is 8.